The van der Waals surface area contributed by atoms with Gasteiger partial charge in [-0.25, -0.2) is 0 Å². The third kappa shape index (κ3) is 3.52. The number of hydrogen-bond donors (Lipinski definition) is 1. The highest BCUT2D eigenvalue weighted by atomic mass is 16.7. The fourth-order valence-corrected chi connectivity index (χ4v) is 7.73. The molecule has 5 rings (SSSR count). The number of ether oxygens (including phenoxy) is 3. The lowest BCUT2D eigenvalue weighted by atomic mass is 9.45. The minimum absolute atomic E-state index is 0.0238. The normalized spacial score (nSPS) is 46.3. The van der Waals surface area contributed by atoms with Gasteiger partial charge in [-0.2, -0.15) is 0 Å². The highest BCUT2D eigenvalue weighted by Gasteiger charge is 2.61. The zero-order chi connectivity index (χ0) is 21.8. The average molecular weight is 430 g/mol. The zero-order valence-corrected chi connectivity index (χ0v) is 19.5. The molecule has 1 N–H and O–H groups in total. The number of fused-ring (bicyclic) bond motifs is 7. The van der Waals surface area contributed by atoms with Crippen LogP contribution in [0, 0.1) is 28.6 Å². The van der Waals surface area contributed by atoms with Crippen LogP contribution >= 0.6 is 0 Å². The largest absolute Gasteiger partial charge is 0.369 e. The van der Waals surface area contributed by atoms with Crippen LogP contribution in [0.1, 0.15) is 65.7 Å². The molecular formula is C26H39NO4. The predicted molar refractivity (Wildman–Crippen MR) is 119 cm³/mol. The summed E-state index contributed by atoms with van der Waals surface area (Å²) < 4.78 is 19.0. The standard InChI is InChI=1S/C26H39NO4/c1-16-14-29-24-18(16)7-9-20-19(24)8-10-21-25(20,3)12-11-22-26(21,4)15-30-23(31-22)6-5-13-27-17(2)28/h8,18,20-24H,1,5-7,9-15H2,2-4H3,(H,27,28)/t18?,20-,21+,22-,23+,24-,25+,26-/m1/s1. The summed E-state index contributed by atoms with van der Waals surface area (Å²) in [6.07, 6.45) is 10.6. The molecule has 5 nitrogen and oxygen atoms in total. The molecule has 2 saturated heterocycles. The van der Waals surface area contributed by atoms with Crippen molar-refractivity contribution >= 4 is 5.91 Å². The first-order valence-electron chi connectivity index (χ1n) is 12.3. The molecule has 172 valence electrons. The molecule has 4 fully saturated rings. The lowest BCUT2D eigenvalue weighted by molar-refractivity contribution is -0.303. The Labute approximate surface area is 187 Å². The van der Waals surface area contributed by atoms with E-state index in [1.165, 1.54) is 24.8 Å². The summed E-state index contributed by atoms with van der Waals surface area (Å²) in [6, 6.07) is 0. The Balaban J connectivity index is 1.29. The van der Waals surface area contributed by atoms with Crippen molar-refractivity contribution in [3.05, 3.63) is 23.8 Å². The van der Waals surface area contributed by atoms with Crippen molar-refractivity contribution in [2.75, 3.05) is 19.8 Å². The van der Waals surface area contributed by atoms with Crippen LogP contribution in [0.2, 0.25) is 0 Å². The van der Waals surface area contributed by atoms with E-state index in [4.69, 9.17) is 14.2 Å². The average Bonchev–Trinajstić information content (AvgIpc) is 3.12. The maximum absolute atomic E-state index is 11.1. The number of amides is 1. The number of carbonyl (C=O) groups excluding carboxylic acids is 1. The van der Waals surface area contributed by atoms with Crippen LogP contribution in [0.3, 0.4) is 0 Å². The van der Waals surface area contributed by atoms with Crippen LogP contribution < -0.4 is 5.32 Å². The van der Waals surface area contributed by atoms with E-state index in [0.717, 1.165) is 38.9 Å². The number of allylic oxidation sites excluding steroid dienone is 1. The molecule has 1 unspecified atom stereocenters. The van der Waals surface area contributed by atoms with Crippen molar-refractivity contribution in [3.63, 3.8) is 0 Å². The zero-order valence-electron chi connectivity index (χ0n) is 19.5. The summed E-state index contributed by atoms with van der Waals surface area (Å²) in [5.74, 6) is 1.76. The molecule has 1 amide bonds. The minimum Gasteiger partial charge on any atom is -0.369 e. The lowest BCUT2D eigenvalue weighted by Crippen LogP contribution is -2.61. The SMILES string of the molecule is C=C1CO[C@H]2C3=CC[C@H]4[C@@](C)(CC[C@H]5O[C@@H](CCCNC(C)=O)OC[C@]45C)[C@@H]3CCC12. The van der Waals surface area contributed by atoms with E-state index in [1.54, 1.807) is 12.5 Å². The van der Waals surface area contributed by atoms with E-state index in [1.807, 2.05) is 0 Å². The van der Waals surface area contributed by atoms with Crippen molar-refractivity contribution in [1.29, 1.82) is 0 Å². The van der Waals surface area contributed by atoms with Gasteiger partial charge in [0, 0.05) is 31.2 Å². The summed E-state index contributed by atoms with van der Waals surface area (Å²) in [5.41, 5.74) is 3.22. The third-order valence-electron chi connectivity index (χ3n) is 9.38. The number of hydrogen-bond acceptors (Lipinski definition) is 4. The van der Waals surface area contributed by atoms with E-state index >= 15 is 0 Å². The maximum atomic E-state index is 11.1. The Morgan fingerprint density at radius 2 is 2.06 bits per heavy atom. The molecular weight excluding hydrogens is 390 g/mol. The summed E-state index contributed by atoms with van der Waals surface area (Å²) in [4.78, 5) is 11.1. The summed E-state index contributed by atoms with van der Waals surface area (Å²) in [6.45, 7) is 13.0. The summed E-state index contributed by atoms with van der Waals surface area (Å²) in [5, 5.41) is 2.86. The molecule has 31 heavy (non-hydrogen) atoms. The van der Waals surface area contributed by atoms with Crippen molar-refractivity contribution in [2.24, 2.45) is 28.6 Å². The molecule has 2 saturated carbocycles. The summed E-state index contributed by atoms with van der Waals surface area (Å²) in [7, 11) is 0. The van der Waals surface area contributed by atoms with Gasteiger partial charge in [-0.1, -0.05) is 26.5 Å². The monoisotopic (exact) mass is 429 g/mol. The summed E-state index contributed by atoms with van der Waals surface area (Å²) >= 11 is 0. The van der Waals surface area contributed by atoms with Gasteiger partial charge >= 0.3 is 0 Å². The molecule has 2 heterocycles. The van der Waals surface area contributed by atoms with E-state index in [-0.39, 0.29) is 29.8 Å². The first-order chi connectivity index (χ1) is 14.8. The van der Waals surface area contributed by atoms with Gasteiger partial charge in [0.2, 0.25) is 5.91 Å². The molecule has 5 heteroatoms. The van der Waals surface area contributed by atoms with Crippen LogP contribution in [0.5, 0.6) is 0 Å². The quantitative estimate of drug-likeness (QED) is 0.532. The van der Waals surface area contributed by atoms with Gasteiger partial charge in [0.25, 0.3) is 0 Å². The van der Waals surface area contributed by atoms with Gasteiger partial charge < -0.3 is 19.5 Å². The molecule has 0 aromatic carbocycles. The second kappa shape index (κ2) is 8.00. The molecule has 0 spiro atoms. The minimum atomic E-state index is -0.140. The molecule has 5 aliphatic rings. The number of nitrogens with one attached hydrogen (secondary N) is 1. The molecule has 0 bridgehead atoms. The van der Waals surface area contributed by atoms with E-state index in [9.17, 15) is 4.79 Å². The van der Waals surface area contributed by atoms with Crippen molar-refractivity contribution < 1.29 is 19.0 Å². The van der Waals surface area contributed by atoms with Crippen LogP contribution in [-0.2, 0) is 19.0 Å². The van der Waals surface area contributed by atoms with Crippen molar-refractivity contribution in [2.45, 2.75) is 84.2 Å². The van der Waals surface area contributed by atoms with Gasteiger partial charge in [-0.3, -0.25) is 4.79 Å². The van der Waals surface area contributed by atoms with Crippen LogP contribution in [-0.4, -0.2) is 44.2 Å². The van der Waals surface area contributed by atoms with E-state index in [0.29, 0.717) is 29.7 Å². The first kappa shape index (κ1) is 21.7. The van der Waals surface area contributed by atoms with E-state index in [2.05, 4.69) is 31.8 Å². The Hall–Kier alpha value is -1.17. The Morgan fingerprint density at radius 1 is 1.23 bits per heavy atom. The van der Waals surface area contributed by atoms with Gasteiger partial charge in [0.1, 0.15) is 0 Å². The highest BCUT2D eigenvalue weighted by molar-refractivity contribution is 5.72. The predicted octanol–water partition coefficient (Wildman–Crippen LogP) is 4.38. The molecule has 2 aliphatic heterocycles. The second-order valence-corrected chi connectivity index (χ2v) is 11.2. The molecule has 8 atom stereocenters. The Kier molecular flexibility index (Phi) is 5.59. The van der Waals surface area contributed by atoms with Gasteiger partial charge in [0.05, 0.1) is 25.4 Å². The van der Waals surface area contributed by atoms with Gasteiger partial charge in [-0.15, -0.1) is 0 Å². The van der Waals surface area contributed by atoms with Crippen molar-refractivity contribution in [1.82, 2.24) is 5.32 Å². The Bertz CT molecular complexity index is 777. The molecule has 0 aromatic heterocycles. The first-order valence-corrected chi connectivity index (χ1v) is 12.3. The second-order valence-electron chi connectivity index (χ2n) is 11.2. The molecule has 0 radical (unpaired) electrons. The smallest absolute Gasteiger partial charge is 0.216 e. The lowest BCUT2D eigenvalue weighted by Gasteiger charge is -2.63. The van der Waals surface area contributed by atoms with E-state index < -0.39 is 0 Å². The Morgan fingerprint density at radius 3 is 2.87 bits per heavy atom. The van der Waals surface area contributed by atoms with Crippen LogP contribution in [0.4, 0.5) is 0 Å². The maximum Gasteiger partial charge on any atom is 0.216 e. The highest BCUT2D eigenvalue weighted by Crippen LogP contribution is 2.64. The van der Waals surface area contributed by atoms with Crippen molar-refractivity contribution in [3.8, 4) is 0 Å². The van der Waals surface area contributed by atoms with Crippen LogP contribution in [0.15, 0.2) is 23.8 Å². The third-order valence-corrected chi connectivity index (χ3v) is 9.38. The fraction of sp³-hybridized carbons (Fsp3) is 0.808. The van der Waals surface area contributed by atoms with Gasteiger partial charge in [0.15, 0.2) is 6.29 Å². The van der Waals surface area contributed by atoms with Crippen LogP contribution in [0.25, 0.3) is 0 Å². The molecule has 3 aliphatic carbocycles. The number of carbonyl (C=O) groups is 1. The van der Waals surface area contributed by atoms with Gasteiger partial charge in [-0.05, 0) is 66.9 Å². The molecule has 0 aromatic rings. The number of rotatable bonds is 4. The fourth-order valence-electron chi connectivity index (χ4n) is 7.73. The topological polar surface area (TPSA) is 56.8 Å².